The van der Waals surface area contributed by atoms with Crippen molar-refractivity contribution in [3.05, 3.63) is 51.1 Å². The van der Waals surface area contributed by atoms with Crippen LogP contribution in [0.15, 0.2) is 30.3 Å². The van der Waals surface area contributed by atoms with Crippen molar-refractivity contribution < 1.29 is 22.8 Å². The predicted molar refractivity (Wildman–Crippen MR) is 71.3 cm³/mol. The van der Waals surface area contributed by atoms with E-state index in [9.17, 15) is 23.3 Å². The monoisotopic (exact) mass is 318 g/mol. The number of nitro groups is 1. The molecular formula is C12H9F3N2O3S. The first kappa shape index (κ1) is 15.1. The van der Waals surface area contributed by atoms with Crippen LogP contribution in [0, 0.1) is 15.9 Å². The van der Waals surface area contributed by atoms with Gasteiger partial charge in [-0.3, -0.25) is 10.1 Å². The number of halogens is 3. The zero-order chi connectivity index (χ0) is 15.4. The molecule has 0 atom stereocenters. The summed E-state index contributed by atoms with van der Waals surface area (Å²) in [4.78, 5) is 10.7. The molecule has 0 aliphatic rings. The number of alkyl halides is 2. The van der Waals surface area contributed by atoms with Crippen LogP contribution in [0.4, 0.5) is 23.9 Å². The average molecular weight is 318 g/mol. The van der Waals surface area contributed by atoms with Gasteiger partial charge < -0.3 is 10.1 Å². The molecule has 21 heavy (non-hydrogen) atoms. The SMILES string of the molecule is O=[N+]([O-])c1ccc(CNc2ccc(OC(F)F)c(F)c2)s1. The predicted octanol–water partition coefficient (Wildman–Crippen LogP) is 4.01. The maximum Gasteiger partial charge on any atom is 0.387 e. The lowest BCUT2D eigenvalue weighted by molar-refractivity contribution is -0.380. The maximum atomic E-state index is 13.5. The molecule has 1 aromatic heterocycles. The minimum absolute atomic E-state index is 0.0126. The standard InChI is InChI=1S/C12H9F3N2O3S/c13-9-5-7(1-3-10(9)20-12(14)15)16-6-8-2-4-11(21-8)17(18)19/h1-5,12,16H,6H2. The van der Waals surface area contributed by atoms with Crippen LogP contribution < -0.4 is 10.1 Å². The Kier molecular flexibility index (Phi) is 4.63. The van der Waals surface area contributed by atoms with Crippen molar-refractivity contribution >= 4 is 22.0 Å². The highest BCUT2D eigenvalue weighted by Crippen LogP contribution is 2.26. The number of nitrogens with one attached hydrogen (secondary N) is 1. The van der Waals surface area contributed by atoms with Gasteiger partial charge in [-0.25, -0.2) is 4.39 Å². The van der Waals surface area contributed by atoms with Crippen LogP contribution in [0.3, 0.4) is 0 Å². The second-order valence-electron chi connectivity index (χ2n) is 3.87. The molecule has 0 radical (unpaired) electrons. The van der Waals surface area contributed by atoms with Gasteiger partial charge in [0.25, 0.3) is 0 Å². The van der Waals surface area contributed by atoms with E-state index >= 15 is 0 Å². The van der Waals surface area contributed by atoms with Gasteiger partial charge in [0.15, 0.2) is 11.6 Å². The van der Waals surface area contributed by atoms with Crippen LogP contribution in [0.1, 0.15) is 4.88 Å². The molecule has 1 heterocycles. The highest BCUT2D eigenvalue weighted by molar-refractivity contribution is 7.15. The van der Waals surface area contributed by atoms with Gasteiger partial charge >= 0.3 is 11.6 Å². The Balaban J connectivity index is 1.99. The van der Waals surface area contributed by atoms with Crippen LogP contribution in [-0.2, 0) is 6.54 Å². The van der Waals surface area contributed by atoms with Crippen LogP contribution >= 0.6 is 11.3 Å². The quantitative estimate of drug-likeness (QED) is 0.645. The molecule has 5 nitrogen and oxygen atoms in total. The fraction of sp³-hybridized carbons (Fsp3) is 0.167. The second-order valence-corrected chi connectivity index (χ2v) is 5.02. The average Bonchev–Trinajstić information content (AvgIpc) is 2.88. The van der Waals surface area contributed by atoms with Crippen molar-refractivity contribution in [1.82, 2.24) is 0 Å². The van der Waals surface area contributed by atoms with E-state index in [1.807, 2.05) is 0 Å². The summed E-state index contributed by atoms with van der Waals surface area (Å²) in [6.45, 7) is -2.84. The Bertz CT molecular complexity index is 648. The Labute approximate surface area is 121 Å². The largest absolute Gasteiger partial charge is 0.432 e. The number of thiophene rings is 1. The summed E-state index contributed by atoms with van der Waals surface area (Å²) in [7, 11) is 0. The molecule has 2 rings (SSSR count). The molecule has 0 saturated heterocycles. The van der Waals surface area contributed by atoms with Crippen LogP contribution in [-0.4, -0.2) is 11.5 Å². The van der Waals surface area contributed by atoms with E-state index in [0.29, 0.717) is 10.6 Å². The second kappa shape index (κ2) is 6.44. The lowest BCUT2D eigenvalue weighted by Crippen LogP contribution is -2.04. The number of benzene rings is 1. The third-order valence-electron chi connectivity index (χ3n) is 2.44. The molecule has 0 unspecified atom stereocenters. The summed E-state index contributed by atoms with van der Waals surface area (Å²) in [5, 5.41) is 13.4. The molecule has 1 aromatic carbocycles. The third kappa shape index (κ3) is 4.09. The summed E-state index contributed by atoms with van der Waals surface area (Å²) in [5.41, 5.74) is 0.352. The van der Waals surface area contributed by atoms with E-state index in [1.54, 1.807) is 6.07 Å². The Morgan fingerprint density at radius 2 is 2.10 bits per heavy atom. The minimum atomic E-state index is -3.09. The molecule has 2 aromatic rings. The Morgan fingerprint density at radius 3 is 2.67 bits per heavy atom. The van der Waals surface area contributed by atoms with Gasteiger partial charge in [0, 0.05) is 29.2 Å². The maximum absolute atomic E-state index is 13.5. The smallest absolute Gasteiger partial charge is 0.387 e. The molecule has 0 aliphatic heterocycles. The van der Waals surface area contributed by atoms with Crippen molar-refractivity contribution in [3.8, 4) is 5.75 Å². The summed E-state index contributed by atoms with van der Waals surface area (Å²) < 4.78 is 41.4. The van der Waals surface area contributed by atoms with E-state index in [4.69, 9.17) is 0 Å². The number of hydrogen-bond donors (Lipinski definition) is 1. The summed E-state index contributed by atoms with van der Waals surface area (Å²) in [5.74, 6) is -1.46. The fourth-order valence-electron chi connectivity index (χ4n) is 1.55. The first-order valence-electron chi connectivity index (χ1n) is 5.67. The van der Waals surface area contributed by atoms with Crippen LogP contribution in [0.2, 0.25) is 0 Å². The minimum Gasteiger partial charge on any atom is -0.432 e. The first-order valence-corrected chi connectivity index (χ1v) is 6.48. The van der Waals surface area contributed by atoms with E-state index in [2.05, 4.69) is 10.1 Å². The molecule has 0 aliphatic carbocycles. The lowest BCUT2D eigenvalue weighted by atomic mass is 10.3. The van der Waals surface area contributed by atoms with Crippen LogP contribution in [0.5, 0.6) is 5.75 Å². The number of anilines is 1. The van der Waals surface area contributed by atoms with Gasteiger partial charge in [0.2, 0.25) is 0 Å². The molecule has 0 spiro atoms. The van der Waals surface area contributed by atoms with Gasteiger partial charge in [-0.15, -0.1) is 0 Å². The number of nitrogens with zero attached hydrogens (tertiary/aromatic N) is 1. The highest BCUT2D eigenvalue weighted by Gasteiger charge is 2.11. The lowest BCUT2D eigenvalue weighted by Gasteiger charge is -2.08. The third-order valence-corrected chi connectivity index (χ3v) is 3.48. The Morgan fingerprint density at radius 1 is 1.33 bits per heavy atom. The van der Waals surface area contributed by atoms with Gasteiger partial charge in [0.1, 0.15) is 0 Å². The normalized spacial score (nSPS) is 10.7. The van der Waals surface area contributed by atoms with Crippen molar-refractivity contribution in [2.45, 2.75) is 13.2 Å². The van der Waals surface area contributed by atoms with Gasteiger partial charge in [-0.2, -0.15) is 8.78 Å². The van der Waals surface area contributed by atoms with Crippen LogP contribution in [0.25, 0.3) is 0 Å². The fourth-order valence-corrected chi connectivity index (χ4v) is 2.31. The summed E-state index contributed by atoms with van der Waals surface area (Å²) in [6.07, 6.45) is 0. The molecule has 0 fully saturated rings. The molecule has 0 saturated carbocycles. The topological polar surface area (TPSA) is 64.4 Å². The van der Waals surface area contributed by atoms with Gasteiger partial charge in [0.05, 0.1) is 4.92 Å². The summed E-state index contributed by atoms with van der Waals surface area (Å²) in [6, 6.07) is 6.44. The first-order chi connectivity index (χ1) is 9.95. The summed E-state index contributed by atoms with van der Waals surface area (Å²) >= 11 is 0.997. The van der Waals surface area contributed by atoms with Crippen molar-refractivity contribution in [3.63, 3.8) is 0 Å². The van der Waals surface area contributed by atoms with Gasteiger partial charge in [-0.1, -0.05) is 11.3 Å². The van der Waals surface area contributed by atoms with Gasteiger partial charge in [-0.05, 0) is 18.2 Å². The molecule has 0 bridgehead atoms. The molecule has 9 heteroatoms. The highest BCUT2D eigenvalue weighted by atomic mass is 32.1. The zero-order valence-corrected chi connectivity index (χ0v) is 11.2. The molecular weight excluding hydrogens is 309 g/mol. The van der Waals surface area contributed by atoms with E-state index in [0.717, 1.165) is 23.5 Å². The number of ether oxygens (including phenoxy) is 1. The zero-order valence-electron chi connectivity index (χ0n) is 10.4. The number of hydrogen-bond acceptors (Lipinski definition) is 5. The Hall–Kier alpha value is -2.29. The van der Waals surface area contributed by atoms with E-state index in [1.165, 1.54) is 12.1 Å². The molecule has 1 N–H and O–H groups in total. The number of rotatable bonds is 6. The van der Waals surface area contributed by atoms with Crippen molar-refractivity contribution in [2.75, 3.05) is 5.32 Å². The molecule has 112 valence electrons. The molecule has 0 amide bonds. The van der Waals surface area contributed by atoms with E-state index in [-0.39, 0.29) is 11.5 Å². The van der Waals surface area contributed by atoms with Crippen molar-refractivity contribution in [1.29, 1.82) is 0 Å². The van der Waals surface area contributed by atoms with Crippen molar-refractivity contribution in [2.24, 2.45) is 0 Å². The van der Waals surface area contributed by atoms with E-state index < -0.39 is 23.1 Å².